The molecule has 0 saturated carbocycles. The van der Waals surface area contributed by atoms with Crippen LogP contribution in [0.1, 0.15) is 24.5 Å². The summed E-state index contributed by atoms with van der Waals surface area (Å²) in [6.07, 6.45) is 2.20. The van der Waals surface area contributed by atoms with Crippen molar-refractivity contribution in [3.63, 3.8) is 0 Å². The summed E-state index contributed by atoms with van der Waals surface area (Å²) in [5.41, 5.74) is 5.85. The molecule has 3 heteroatoms. The quantitative estimate of drug-likeness (QED) is 0.830. The lowest BCUT2D eigenvalue weighted by Gasteiger charge is -2.18. The van der Waals surface area contributed by atoms with Crippen LogP contribution in [-0.2, 0) is 11.2 Å². The second kappa shape index (κ2) is 6.02. The Balaban J connectivity index is 1.93. The van der Waals surface area contributed by atoms with Gasteiger partial charge in [-0.2, -0.15) is 0 Å². The van der Waals surface area contributed by atoms with Crippen LogP contribution in [0.3, 0.4) is 0 Å². The zero-order valence-corrected chi connectivity index (χ0v) is 13.2. The molecule has 0 N–H and O–H groups in total. The van der Waals surface area contributed by atoms with Gasteiger partial charge in [-0.3, -0.25) is 4.99 Å². The molecule has 1 atom stereocenters. The van der Waals surface area contributed by atoms with Gasteiger partial charge in [-0.1, -0.05) is 29.8 Å². The lowest BCUT2D eigenvalue weighted by molar-refractivity contribution is 0.333. The molecule has 0 fully saturated rings. The fourth-order valence-electron chi connectivity index (χ4n) is 3.31. The number of hydrogen-bond donors (Lipinski definition) is 0. The molecule has 3 nitrogen and oxygen atoms in total. The molecule has 1 unspecified atom stereocenters. The Kier molecular flexibility index (Phi) is 4.11. The predicted octanol–water partition coefficient (Wildman–Crippen LogP) is 3.01. The molecule has 2 aliphatic rings. The Morgan fingerprint density at radius 3 is 2.81 bits per heavy atom. The van der Waals surface area contributed by atoms with Crippen LogP contribution in [0, 0.1) is 5.92 Å². The molecule has 0 spiro atoms. The highest BCUT2D eigenvalue weighted by atomic mass is 16.5. The van der Waals surface area contributed by atoms with Crippen LogP contribution in [0.5, 0.6) is 0 Å². The average Bonchev–Trinajstić information content (AvgIpc) is 3.11. The lowest BCUT2D eigenvalue weighted by Crippen LogP contribution is -2.16. The van der Waals surface area contributed by atoms with Gasteiger partial charge in [0.15, 0.2) is 5.90 Å². The van der Waals surface area contributed by atoms with Crippen molar-refractivity contribution in [3.8, 4) is 0 Å². The molecule has 112 valence electrons. The number of hydrogen-bond acceptors (Lipinski definition) is 3. The summed E-state index contributed by atoms with van der Waals surface area (Å²) in [7, 11) is 4.27. The molecule has 0 amide bonds. The Labute approximate surface area is 127 Å². The second-order valence-corrected chi connectivity index (χ2v) is 6.19. The topological polar surface area (TPSA) is 24.8 Å². The SMILES string of the molecule is CC(C1=NCCO1)C1=C(CCN(C)C)Cc2ccccc21. The summed E-state index contributed by atoms with van der Waals surface area (Å²) in [5.74, 6) is 1.19. The zero-order chi connectivity index (χ0) is 14.8. The van der Waals surface area contributed by atoms with E-state index in [2.05, 4.69) is 55.2 Å². The molecule has 0 aromatic heterocycles. The number of rotatable bonds is 5. The van der Waals surface area contributed by atoms with Gasteiger partial charge in [-0.15, -0.1) is 0 Å². The van der Waals surface area contributed by atoms with Gasteiger partial charge in [0, 0.05) is 6.54 Å². The van der Waals surface area contributed by atoms with Crippen molar-refractivity contribution < 1.29 is 4.74 Å². The number of benzene rings is 1. The van der Waals surface area contributed by atoms with Crippen molar-refractivity contribution in [2.45, 2.75) is 19.8 Å². The van der Waals surface area contributed by atoms with E-state index >= 15 is 0 Å². The number of fused-ring (bicyclic) bond motifs is 1. The van der Waals surface area contributed by atoms with Gasteiger partial charge in [-0.25, -0.2) is 0 Å². The highest BCUT2D eigenvalue weighted by molar-refractivity contribution is 5.95. The molecule has 1 aliphatic carbocycles. The van der Waals surface area contributed by atoms with Gasteiger partial charge >= 0.3 is 0 Å². The first kappa shape index (κ1) is 14.3. The third kappa shape index (κ3) is 2.88. The minimum absolute atomic E-state index is 0.272. The van der Waals surface area contributed by atoms with Crippen molar-refractivity contribution in [1.29, 1.82) is 0 Å². The third-order valence-corrected chi connectivity index (χ3v) is 4.37. The Bertz CT molecular complexity index is 587. The lowest BCUT2D eigenvalue weighted by atomic mass is 9.92. The molecule has 0 bridgehead atoms. The van der Waals surface area contributed by atoms with E-state index in [9.17, 15) is 0 Å². The molecule has 21 heavy (non-hydrogen) atoms. The Hall–Kier alpha value is -1.61. The van der Waals surface area contributed by atoms with E-state index in [4.69, 9.17) is 4.74 Å². The number of aliphatic imine (C=N–C) groups is 1. The maximum absolute atomic E-state index is 5.72. The largest absolute Gasteiger partial charge is 0.479 e. The van der Waals surface area contributed by atoms with Crippen LogP contribution >= 0.6 is 0 Å². The van der Waals surface area contributed by atoms with Crippen molar-refractivity contribution >= 4 is 11.5 Å². The van der Waals surface area contributed by atoms with Gasteiger partial charge in [-0.05, 0) is 50.6 Å². The fraction of sp³-hybridized carbons (Fsp3) is 0.500. The highest BCUT2D eigenvalue weighted by Crippen LogP contribution is 2.40. The van der Waals surface area contributed by atoms with Crippen LogP contribution in [0.2, 0.25) is 0 Å². The summed E-state index contributed by atoms with van der Waals surface area (Å²) in [6.45, 7) is 4.87. The summed E-state index contributed by atoms with van der Waals surface area (Å²) in [5, 5.41) is 0. The zero-order valence-electron chi connectivity index (χ0n) is 13.2. The van der Waals surface area contributed by atoms with Gasteiger partial charge in [0.1, 0.15) is 6.61 Å². The van der Waals surface area contributed by atoms with E-state index in [1.54, 1.807) is 5.57 Å². The van der Waals surface area contributed by atoms with Gasteiger partial charge < -0.3 is 9.64 Å². The third-order valence-electron chi connectivity index (χ3n) is 4.37. The minimum atomic E-state index is 0.272. The number of nitrogens with zero attached hydrogens (tertiary/aromatic N) is 2. The predicted molar refractivity (Wildman–Crippen MR) is 87.7 cm³/mol. The minimum Gasteiger partial charge on any atom is -0.479 e. The highest BCUT2D eigenvalue weighted by Gasteiger charge is 2.29. The van der Waals surface area contributed by atoms with E-state index in [1.165, 1.54) is 16.7 Å². The summed E-state index contributed by atoms with van der Waals surface area (Å²) < 4.78 is 5.72. The Morgan fingerprint density at radius 1 is 1.29 bits per heavy atom. The molecular formula is C18H24N2O. The molecule has 1 aromatic rings. The molecular weight excluding hydrogens is 260 g/mol. The molecule has 1 heterocycles. The van der Waals surface area contributed by atoms with Gasteiger partial charge in [0.2, 0.25) is 0 Å². The first-order valence-electron chi connectivity index (χ1n) is 7.79. The molecule has 0 saturated heterocycles. The maximum Gasteiger partial charge on any atom is 0.190 e. The molecule has 1 aliphatic heterocycles. The summed E-state index contributed by atoms with van der Waals surface area (Å²) >= 11 is 0. The standard InChI is InChI=1S/C18H24N2O/c1-13(18-19-9-11-21-18)17-15(8-10-20(2)3)12-14-6-4-5-7-16(14)17/h4-7,13H,8-12H2,1-3H3. The van der Waals surface area contributed by atoms with Crippen LogP contribution in [0.4, 0.5) is 0 Å². The first-order chi connectivity index (χ1) is 10.2. The van der Waals surface area contributed by atoms with Gasteiger partial charge in [0.05, 0.1) is 12.5 Å². The Morgan fingerprint density at radius 2 is 2.10 bits per heavy atom. The molecule has 0 radical (unpaired) electrons. The van der Waals surface area contributed by atoms with Crippen molar-refractivity contribution in [3.05, 3.63) is 41.0 Å². The first-order valence-corrected chi connectivity index (χ1v) is 7.79. The van der Waals surface area contributed by atoms with E-state index < -0.39 is 0 Å². The normalized spacial score (nSPS) is 18.8. The molecule has 1 aromatic carbocycles. The summed E-state index contributed by atoms with van der Waals surface area (Å²) in [4.78, 5) is 6.78. The van der Waals surface area contributed by atoms with Crippen LogP contribution in [0.25, 0.3) is 5.57 Å². The van der Waals surface area contributed by atoms with E-state index in [1.807, 2.05) is 0 Å². The maximum atomic E-state index is 5.72. The van der Waals surface area contributed by atoms with Crippen molar-refractivity contribution in [2.24, 2.45) is 10.9 Å². The molecule has 3 rings (SSSR count). The fourth-order valence-corrected chi connectivity index (χ4v) is 3.31. The van der Waals surface area contributed by atoms with Crippen LogP contribution in [0.15, 0.2) is 34.8 Å². The van der Waals surface area contributed by atoms with Crippen molar-refractivity contribution in [2.75, 3.05) is 33.8 Å². The van der Waals surface area contributed by atoms with Gasteiger partial charge in [0.25, 0.3) is 0 Å². The monoisotopic (exact) mass is 284 g/mol. The average molecular weight is 284 g/mol. The second-order valence-electron chi connectivity index (χ2n) is 6.19. The number of ether oxygens (including phenoxy) is 1. The van der Waals surface area contributed by atoms with E-state index in [0.29, 0.717) is 0 Å². The van der Waals surface area contributed by atoms with E-state index in [0.717, 1.165) is 38.4 Å². The van der Waals surface area contributed by atoms with Crippen LogP contribution < -0.4 is 0 Å². The van der Waals surface area contributed by atoms with Crippen LogP contribution in [-0.4, -0.2) is 44.6 Å². The summed E-state index contributed by atoms with van der Waals surface area (Å²) in [6, 6.07) is 8.78. The van der Waals surface area contributed by atoms with E-state index in [-0.39, 0.29) is 5.92 Å². The smallest absolute Gasteiger partial charge is 0.190 e. The van der Waals surface area contributed by atoms with Crippen molar-refractivity contribution in [1.82, 2.24) is 4.90 Å².